The molecule has 1 aromatic rings. The third-order valence-electron chi connectivity index (χ3n) is 3.70. The summed E-state index contributed by atoms with van der Waals surface area (Å²) in [6, 6.07) is 0. The van der Waals surface area contributed by atoms with Crippen LogP contribution in [0.15, 0.2) is 17.6 Å². The molecular formula is C14H23AsN4. The van der Waals surface area contributed by atoms with Crippen LogP contribution in [0, 0.1) is 0 Å². The van der Waals surface area contributed by atoms with Gasteiger partial charge in [0, 0.05) is 0 Å². The summed E-state index contributed by atoms with van der Waals surface area (Å²) in [6.45, 7) is 4.40. The molecule has 1 aromatic heterocycles. The van der Waals surface area contributed by atoms with Crippen molar-refractivity contribution in [2.24, 2.45) is 0 Å². The molecule has 0 spiro atoms. The third kappa shape index (κ3) is 3.62. The van der Waals surface area contributed by atoms with Crippen LogP contribution >= 0.6 is 0 Å². The molecule has 0 amide bonds. The quantitative estimate of drug-likeness (QED) is 0.618. The fourth-order valence-electron chi connectivity index (χ4n) is 2.52. The van der Waals surface area contributed by atoms with Crippen LogP contribution in [0.4, 0.5) is 5.95 Å². The average Bonchev–Trinajstić information content (AvgIpc) is 2.85. The van der Waals surface area contributed by atoms with Gasteiger partial charge in [-0.15, -0.1) is 0 Å². The van der Waals surface area contributed by atoms with Crippen molar-refractivity contribution in [1.82, 2.24) is 14.8 Å². The van der Waals surface area contributed by atoms with Gasteiger partial charge < -0.3 is 0 Å². The topological polar surface area (TPSA) is 42.7 Å². The van der Waals surface area contributed by atoms with E-state index in [1.54, 1.807) is 6.33 Å². The van der Waals surface area contributed by atoms with Crippen molar-refractivity contribution in [2.75, 3.05) is 5.32 Å². The summed E-state index contributed by atoms with van der Waals surface area (Å²) in [5.41, 5.74) is 2.70. The minimum absolute atomic E-state index is 0.280. The van der Waals surface area contributed by atoms with Gasteiger partial charge in [0.2, 0.25) is 0 Å². The molecule has 0 aliphatic carbocycles. The Hall–Kier alpha value is -0.762. The number of nitrogens with one attached hydrogen (secondary N) is 1. The van der Waals surface area contributed by atoms with Crippen molar-refractivity contribution in [3.8, 4) is 0 Å². The predicted molar refractivity (Wildman–Crippen MR) is 79.1 cm³/mol. The number of anilines is 1. The molecule has 1 N–H and O–H groups in total. The molecule has 0 aromatic carbocycles. The van der Waals surface area contributed by atoms with E-state index in [1.165, 1.54) is 49.8 Å². The van der Waals surface area contributed by atoms with Crippen LogP contribution in [-0.4, -0.2) is 31.6 Å². The molecule has 1 aliphatic heterocycles. The second-order valence-corrected chi connectivity index (χ2v) is 6.22. The molecule has 0 saturated carbocycles. The molecule has 2 heterocycles. The first kappa shape index (κ1) is 14.6. The van der Waals surface area contributed by atoms with Crippen molar-refractivity contribution in [3.05, 3.63) is 17.6 Å². The van der Waals surface area contributed by atoms with E-state index in [4.69, 9.17) is 0 Å². The summed E-state index contributed by atoms with van der Waals surface area (Å²) in [6.07, 6.45) is 10.8. The van der Waals surface area contributed by atoms with Gasteiger partial charge in [-0.2, -0.15) is 0 Å². The normalized spacial score (nSPS) is 18.4. The van der Waals surface area contributed by atoms with E-state index >= 15 is 0 Å². The zero-order valence-corrected chi connectivity index (χ0v) is 13.8. The van der Waals surface area contributed by atoms with Gasteiger partial charge in [-0.1, -0.05) is 0 Å². The molecule has 2 rings (SSSR count). The Morgan fingerprint density at radius 1 is 1.26 bits per heavy atom. The summed E-state index contributed by atoms with van der Waals surface area (Å²) >= 11 is 2.72. The Balaban J connectivity index is 1.83. The summed E-state index contributed by atoms with van der Waals surface area (Å²) in [5, 5.41) is 7.62. The van der Waals surface area contributed by atoms with Gasteiger partial charge in [0.05, 0.1) is 0 Å². The second-order valence-electron chi connectivity index (χ2n) is 5.19. The molecule has 2 radical (unpaired) electrons. The van der Waals surface area contributed by atoms with E-state index in [0.29, 0.717) is 0 Å². The molecule has 4 nitrogen and oxygen atoms in total. The number of hydrogen-bond donors (Lipinski definition) is 1. The van der Waals surface area contributed by atoms with E-state index in [2.05, 4.69) is 46.1 Å². The predicted octanol–water partition coefficient (Wildman–Crippen LogP) is 3.40. The van der Waals surface area contributed by atoms with Crippen molar-refractivity contribution in [3.63, 3.8) is 0 Å². The average molecular weight is 322 g/mol. The first-order valence-corrected chi connectivity index (χ1v) is 8.36. The number of aromatic nitrogens is 3. The second kappa shape index (κ2) is 7.14. The Bertz CT molecular complexity index is 438. The Labute approximate surface area is 124 Å². The molecule has 1 aliphatic rings. The van der Waals surface area contributed by atoms with Gasteiger partial charge in [-0.05, 0) is 0 Å². The fourth-order valence-corrected chi connectivity index (χ4v) is 3.55. The van der Waals surface area contributed by atoms with Gasteiger partial charge in [-0.3, -0.25) is 0 Å². The number of unbranched alkanes of at least 4 members (excludes halogenated alkanes) is 5. The van der Waals surface area contributed by atoms with Crippen molar-refractivity contribution >= 4 is 22.8 Å². The van der Waals surface area contributed by atoms with Crippen LogP contribution < -0.4 is 5.32 Å². The summed E-state index contributed by atoms with van der Waals surface area (Å²) in [5.74, 6) is 0.856. The van der Waals surface area contributed by atoms with Crippen LogP contribution in [0.3, 0.4) is 0 Å². The molecule has 104 valence electrons. The molecule has 0 fully saturated rings. The third-order valence-corrected chi connectivity index (χ3v) is 4.81. The maximum atomic E-state index is 4.28. The fraction of sp³-hybridized carbons (Fsp3) is 0.714. The van der Waals surface area contributed by atoms with Gasteiger partial charge in [-0.25, -0.2) is 0 Å². The number of fused-ring (bicyclic) bond motifs is 1. The van der Waals surface area contributed by atoms with E-state index < -0.39 is 0 Å². The number of allylic oxidation sites excluding steroid dienone is 2. The standard InChI is InChI=1S/C14H23AsN4/c1-3-4-5-6-7-8-9-12-11(2)18-14-16-10-17-19(14)13(12)15/h10,13H,3-9H2,1-2H3,(H,16,17,18). The van der Waals surface area contributed by atoms with E-state index in [0.717, 1.165) is 12.4 Å². The first-order valence-electron chi connectivity index (χ1n) is 7.28. The van der Waals surface area contributed by atoms with Crippen LogP contribution in [0.5, 0.6) is 0 Å². The molecule has 0 bridgehead atoms. The van der Waals surface area contributed by atoms with E-state index in [9.17, 15) is 0 Å². The molecular weight excluding hydrogens is 299 g/mol. The molecule has 5 heteroatoms. The number of hydrogen-bond acceptors (Lipinski definition) is 3. The summed E-state index contributed by atoms with van der Waals surface area (Å²) in [7, 11) is 0. The van der Waals surface area contributed by atoms with Gasteiger partial charge in [0.15, 0.2) is 0 Å². The molecule has 1 unspecified atom stereocenters. The zero-order valence-electron chi connectivity index (χ0n) is 11.9. The van der Waals surface area contributed by atoms with E-state index in [1.807, 2.05) is 4.68 Å². The van der Waals surface area contributed by atoms with Crippen molar-refractivity contribution in [1.29, 1.82) is 0 Å². The van der Waals surface area contributed by atoms with Gasteiger partial charge in [0.25, 0.3) is 0 Å². The monoisotopic (exact) mass is 322 g/mol. The minimum atomic E-state index is 0.280. The Morgan fingerprint density at radius 3 is 2.79 bits per heavy atom. The zero-order chi connectivity index (χ0) is 13.7. The molecule has 0 saturated heterocycles. The van der Waals surface area contributed by atoms with Crippen LogP contribution in [0.25, 0.3) is 0 Å². The summed E-state index contributed by atoms with van der Waals surface area (Å²) < 4.78 is 1.96. The van der Waals surface area contributed by atoms with Gasteiger partial charge >= 0.3 is 124 Å². The van der Waals surface area contributed by atoms with Crippen molar-refractivity contribution < 1.29 is 0 Å². The van der Waals surface area contributed by atoms with E-state index in [-0.39, 0.29) is 4.83 Å². The van der Waals surface area contributed by atoms with Crippen LogP contribution in [-0.2, 0) is 0 Å². The summed E-state index contributed by atoms with van der Waals surface area (Å²) in [4.78, 5) is 4.50. The Kier molecular flexibility index (Phi) is 5.50. The van der Waals surface area contributed by atoms with Crippen LogP contribution in [0.1, 0.15) is 63.6 Å². The SMILES string of the molecule is CCCCCCCCC1=C(C)Nc2ncnn2C1[As]. The number of rotatable bonds is 7. The van der Waals surface area contributed by atoms with Crippen LogP contribution in [0.2, 0.25) is 0 Å². The van der Waals surface area contributed by atoms with Crippen molar-refractivity contribution in [2.45, 2.75) is 63.6 Å². The number of nitrogens with zero attached hydrogens (tertiary/aromatic N) is 3. The molecule has 19 heavy (non-hydrogen) atoms. The Morgan fingerprint density at radius 2 is 2.00 bits per heavy atom. The maximum absolute atomic E-state index is 4.28. The first-order chi connectivity index (χ1) is 9.24. The van der Waals surface area contributed by atoms with Gasteiger partial charge in [0.1, 0.15) is 0 Å². The molecule has 1 atom stereocenters.